The van der Waals surface area contributed by atoms with Crippen LogP contribution in [-0.4, -0.2) is 23.0 Å². The number of aliphatic carboxylic acids is 1. The summed E-state index contributed by atoms with van der Waals surface area (Å²) in [5.74, 6) is -1.18. The summed E-state index contributed by atoms with van der Waals surface area (Å²) in [7, 11) is 0. The largest absolute Gasteiger partial charge is 0.481 e. The van der Waals surface area contributed by atoms with Crippen LogP contribution in [0.5, 0.6) is 0 Å². The Morgan fingerprint density at radius 1 is 1.35 bits per heavy atom. The Labute approximate surface area is 127 Å². The fourth-order valence-electron chi connectivity index (χ4n) is 1.72. The molecule has 1 amide bonds. The van der Waals surface area contributed by atoms with Crippen LogP contribution < -0.4 is 5.32 Å². The van der Waals surface area contributed by atoms with Gasteiger partial charge in [0.05, 0.1) is 6.42 Å². The van der Waals surface area contributed by atoms with Crippen LogP contribution in [0.2, 0.25) is 0 Å². The first-order valence-corrected chi connectivity index (χ1v) is 7.19. The van der Waals surface area contributed by atoms with Crippen LogP contribution >= 0.6 is 15.9 Å². The van der Waals surface area contributed by atoms with Gasteiger partial charge in [0.2, 0.25) is 0 Å². The molecule has 1 rings (SSSR count). The second-order valence-corrected chi connectivity index (χ2v) is 6.81. The van der Waals surface area contributed by atoms with Gasteiger partial charge in [0.1, 0.15) is 0 Å². The lowest BCUT2D eigenvalue weighted by molar-refractivity contribution is -0.138. The zero-order valence-electron chi connectivity index (χ0n) is 12.2. The highest BCUT2D eigenvalue weighted by atomic mass is 79.9. The Morgan fingerprint density at radius 3 is 2.40 bits per heavy atom. The normalized spacial score (nSPS) is 12.8. The van der Waals surface area contributed by atoms with E-state index in [2.05, 4.69) is 21.2 Å². The van der Waals surface area contributed by atoms with Gasteiger partial charge in [-0.25, -0.2) is 0 Å². The number of carboxylic acid groups (broad SMARTS) is 1. The van der Waals surface area contributed by atoms with Crippen molar-refractivity contribution in [3.05, 3.63) is 33.8 Å². The van der Waals surface area contributed by atoms with Gasteiger partial charge in [0, 0.05) is 16.1 Å². The summed E-state index contributed by atoms with van der Waals surface area (Å²) in [5.41, 5.74) is 1.23. The number of carbonyl (C=O) groups excluding carboxylic acids is 1. The summed E-state index contributed by atoms with van der Waals surface area (Å²) < 4.78 is 0.857. The third kappa shape index (κ3) is 4.63. The highest BCUT2D eigenvalue weighted by Gasteiger charge is 2.28. The maximum Gasteiger partial charge on any atom is 0.305 e. The van der Waals surface area contributed by atoms with E-state index >= 15 is 0 Å². The van der Waals surface area contributed by atoms with Crippen LogP contribution in [0.3, 0.4) is 0 Å². The molecular formula is C15H20BrNO3. The lowest BCUT2D eigenvalue weighted by Gasteiger charge is -2.30. The van der Waals surface area contributed by atoms with Crippen molar-refractivity contribution in [3.63, 3.8) is 0 Å². The molecule has 0 aromatic heterocycles. The lowest BCUT2D eigenvalue weighted by Crippen LogP contribution is -2.45. The molecule has 0 aliphatic carbocycles. The van der Waals surface area contributed by atoms with Crippen LogP contribution in [0, 0.1) is 12.3 Å². The number of hydrogen-bond donors (Lipinski definition) is 2. The van der Waals surface area contributed by atoms with E-state index in [1.54, 1.807) is 12.1 Å². The standard InChI is InChI=1S/C15H20BrNO3/c1-9-5-6-10(7-11(9)16)14(20)17-12(8-13(18)19)15(2,3)4/h5-7,12H,8H2,1-4H3,(H,17,20)(H,18,19). The minimum absolute atomic E-state index is 0.0950. The van der Waals surface area contributed by atoms with Gasteiger partial charge >= 0.3 is 5.97 Å². The number of benzene rings is 1. The van der Waals surface area contributed by atoms with Crippen LogP contribution in [-0.2, 0) is 4.79 Å². The Kier molecular flexibility index (Phi) is 5.34. The monoisotopic (exact) mass is 341 g/mol. The van der Waals surface area contributed by atoms with E-state index in [0.29, 0.717) is 5.56 Å². The third-order valence-corrected chi connectivity index (χ3v) is 4.02. The zero-order valence-corrected chi connectivity index (χ0v) is 13.7. The molecule has 0 fully saturated rings. The molecule has 0 aliphatic rings. The first-order valence-electron chi connectivity index (χ1n) is 6.40. The number of hydrogen-bond acceptors (Lipinski definition) is 2. The fraction of sp³-hybridized carbons (Fsp3) is 0.467. The van der Waals surface area contributed by atoms with E-state index in [1.165, 1.54) is 0 Å². The molecule has 5 heteroatoms. The smallest absolute Gasteiger partial charge is 0.305 e. The van der Waals surface area contributed by atoms with Gasteiger partial charge in [-0.15, -0.1) is 0 Å². The molecule has 0 saturated carbocycles. The van der Waals surface area contributed by atoms with Crippen LogP contribution in [0.25, 0.3) is 0 Å². The SMILES string of the molecule is Cc1ccc(C(=O)NC(CC(=O)O)C(C)(C)C)cc1Br. The van der Waals surface area contributed by atoms with Crippen molar-refractivity contribution in [1.29, 1.82) is 0 Å². The van der Waals surface area contributed by atoms with Crippen LogP contribution in [0.15, 0.2) is 22.7 Å². The molecule has 0 radical (unpaired) electrons. The number of carboxylic acids is 1. The van der Waals surface area contributed by atoms with Crippen molar-refractivity contribution in [1.82, 2.24) is 5.32 Å². The summed E-state index contributed by atoms with van der Waals surface area (Å²) in [4.78, 5) is 23.1. The van der Waals surface area contributed by atoms with Crippen molar-refractivity contribution in [2.45, 2.75) is 40.2 Å². The molecular weight excluding hydrogens is 322 g/mol. The summed E-state index contributed by atoms with van der Waals surface area (Å²) >= 11 is 3.39. The van der Waals surface area contributed by atoms with Crippen molar-refractivity contribution in [2.75, 3.05) is 0 Å². The topological polar surface area (TPSA) is 66.4 Å². The zero-order chi connectivity index (χ0) is 15.5. The van der Waals surface area contributed by atoms with Crippen molar-refractivity contribution >= 4 is 27.8 Å². The highest BCUT2D eigenvalue weighted by molar-refractivity contribution is 9.10. The van der Waals surface area contributed by atoms with E-state index in [9.17, 15) is 9.59 Å². The van der Waals surface area contributed by atoms with E-state index in [1.807, 2.05) is 33.8 Å². The molecule has 0 heterocycles. The number of aryl methyl sites for hydroxylation is 1. The predicted molar refractivity (Wildman–Crippen MR) is 81.8 cm³/mol. The molecule has 0 bridgehead atoms. The number of carbonyl (C=O) groups is 2. The molecule has 0 aliphatic heterocycles. The molecule has 2 N–H and O–H groups in total. The molecule has 1 aromatic rings. The first kappa shape index (κ1) is 16.7. The number of halogens is 1. The Hall–Kier alpha value is -1.36. The van der Waals surface area contributed by atoms with E-state index < -0.39 is 12.0 Å². The number of amides is 1. The average molecular weight is 342 g/mol. The highest BCUT2D eigenvalue weighted by Crippen LogP contribution is 2.23. The molecule has 110 valence electrons. The number of nitrogens with one attached hydrogen (secondary N) is 1. The minimum Gasteiger partial charge on any atom is -0.481 e. The van der Waals surface area contributed by atoms with Crippen molar-refractivity contribution in [3.8, 4) is 0 Å². The molecule has 0 saturated heterocycles. The minimum atomic E-state index is -0.921. The van der Waals surface area contributed by atoms with Gasteiger partial charge in [0.15, 0.2) is 0 Å². The predicted octanol–water partition coefficient (Wildman–Crippen LogP) is 3.38. The van der Waals surface area contributed by atoms with Crippen LogP contribution in [0.4, 0.5) is 0 Å². The van der Waals surface area contributed by atoms with Gasteiger partial charge in [0.25, 0.3) is 5.91 Å². The molecule has 1 aromatic carbocycles. The molecule has 4 nitrogen and oxygen atoms in total. The van der Waals surface area contributed by atoms with E-state index in [0.717, 1.165) is 10.0 Å². The summed E-state index contributed by atoms with van der Waals surface area (Å²) in [6.07, 6.45) is -0.0950. The molecule has 1 unspecified atom stereocenters. The van der Waals surface area contributed by atoms with Crippen molar-refractivity contribution < 1.29 is 14.7 Å². The Morgan fingerprint density at radius 2 is 1.95 bits per heavy atom. The fourth-order valence-corrected chi connectivity index (χ4v) is 2.10. The molecule has 1 atom stereocenters. The van der Waals surface area contributed by atoms with Crippen LogP contribution in [0.1, 0.15) is 43.1 Å². The van der Waals surface area contributed by atoms with E-state index in [4.69, 9.17) is 5.11 Å². The van der Waals surface area contributed by atoms with Gasteiger partial charge in [-0.05, 0) is 30.0 Å². The lowest BCUT2D eigenvalue weighted by atomic mass is 9.84. The third-order valence-electron chi connectivity index (χ3n) is 3.16. The Bertz CT molecular complexity index is 520. The summed E-state index contributed by atoms with van der Waals surface area (Å²) in [6.45, 7) is 7.66. The maximum absolute atomic E-state index is 12.2. The maximum atomic E-state index is 12.2. The van der Waals surface area contributed by atoms with Gasteiger partial charge < -0.3 is 10.4 Å². The summed E-state index contributed by atoms with van der Waals surface area (Å²) in [6, 6.07) is 4.90. The van der Waals surface area contributed by atoms with Gasteiger partial charge in [-0.3, -0.25) is 9.59 Å². The Balaban J connectivity index is 2.90. The second-order valence-electron chi connectivity index (χ2n) is 5.95. The quantitative estimate of drug-likeness (QED) is 0.882. The molecule has 0 spiro atoms. The van der Waals surface area contributed by atoms with Gasteiger partial charge in [-0.1, -0.05) is 42.8 Å². The second kappa shape index (κ2) is 6.39. The summed E-state index contributed by atoms with van der Waals surface area (Å²) in [5, 5.41) is 11.8. The number of rotatable bonds is 4. The average Bonchev–Trinajstić information content (AvgIpc) is 2.30. The molecule has 20 heavy (non-hydrogen) atoms. The first-order chi connectivity index (χ1) is 9.11. The van der Waals surface area contributed by atoms with Gasteiger partial charge in [-0.2, -0.15) is 0 Å². The van der Waals surface area contributed by atoms with Crippen molar-refractivity contribution in [2.24, 2.45) is 5.41 Å². The van der Waals surface area contributed by atoms with E-state index in [-0.39, 0.29) is 17.7 Å².